The molecule has 3 N–H and O–H groups in total. The minimum atomic E-state index is -0.521. The number of carbonyl (C=O) groups is 1. The normalized spacial score (nSPS) is 11.0. The molecule has 0 amide bonds. The Kier molecular flexibility index (Phi) is 5.98. The maximum Gasteiger partial charge on any atom is 0.316 e. The van der Waals surface area contributed by atoms with Crippen LogP contribution in [0.2, 0.25) is 0 Å². The van der Waals surface area contributed by atoms with Crippen molar-refractivity contribution in [1.82, 2.24) is 0 Å². The second kappa shape index (κ2) is 7.28. The lowest BCUT2D eigenvalue weighted by molar-refractivity contribution is -0.384. The minimum Gasteiger partial charge on any atom is -0.459 e. The molecule has 0 atom stereocenters. The van der Waals surface area contributed by atoms with Gasteiger partial charge in [-0.3, -0.25) is 20.8 Å². The molecular formula is C13H19N3O4S. The summed E-state index contributed by atoms with van der Waals surface area (Å²) >= 11 is 1.31. The van der Waals surface area contributed by atoms with Gasteiger partial charge in [-0.25, -0.2) is 0 Å². The Bertz CT molecular complexity index is 529. The summed E-state index contributed by atoms with van der Waals surface area (Å²) in [5.41, 5.74) is 3.21. The van der Waals surface area contributed by atoms with Crippen LogP contribution in [0.15, 0.2) is 18.2 Å². The van der Waals surface area contributed by atoms with Crippen molar-refractivity contribution in [1.29, 1.82) is 0 Å². The van der Waals surface area contributed by atoms with Crippen molar-refractivity contribution in [3.63, 3.8) is 0 Å². The maximum absolute atomic E-state index is 11.6. The third-order valence-corrected chi connectivity index (χ3v) is 3.31. The second-order valence-electron chi connectivity index (χ2n) is 5.32. The molecule has 0 saturated carbocycles. The number of ether oxygens (including phenoxy) is 1. The Hall–Kier alpha value is -1.80. The van der Waals surface area contributed by atoms with Gasteiger partial charge in [0.2, 0.25) is 0 Å². The number of nitrogens with zero attached hydrogens (tertiary/aromatic N) is 1. The number of hydrogen-bond acceptors (Lipinski definition) is 7. The fourth-order valence-electron chi connectivity index (χ4n) is 1.57. The number of benzene rings is 1. The Morgan fingerprint density at radius 1 is 1.48 bits per heavy atom. The van der Waals surface area contributed by atoms with E-state index in [1.165, 1.54) is 23.9 Å². The first-order chi connectivity index (χ1) is 9.73. The first-order valence-electron chi connectivity index (χ1n) is 6.26. The first-order valence-corrected chi connectivity index (χ1v) is 7.42. The van der Waals surface area contributed by atoms with Crippen molar-refractivity contribution in [2.45, 2.75) is 32.1 Å². The standard InChI is InChI=1S/C13H19N3O4S/c1-13(2,3)20-12(17)8-21-7-9-6-10(16(18)19)4-5-11(9)15-14/h4-6,15H,7-8,14H2,1-3H3. The fourth-order valence-corrected chi connectivity index (χ4v) is 2.36. The molecule has 0 radical (unpaired) electrons. The van der Waals surface area contributed by atoms with Crippen molar-refractivity contribution in [2.24, 2.45) is 5.84 Å². The van der Waals surface area contributed by atoms with Gasteiger partial charge in [0.25, 0.3) is 5.69 Å². The van der Waals surface area contributed by atoms with E-state index in [-0.39, 0.29) is 17.4 Å². The van der Waals surface area contributed by atoms with Gasteiger partial charge < -0.3 is 10.2 Å². The summed E-state index contributed by atoms with van der Waals surface area (Å²) in [5.74, 6) is 5.64. The lowest BCUT2D eigenvalue weighted by atomic mass is 10.2. The molecule has 0 spiro atoms. The van der Waals surface area contributed by atoms with Crippen LogP contribution >= 0.6 is 11.8 Å². The van der Waals surface area contributed by atoms with E-state index >= 15 is 0 Å². The van der Waals surface area contributed by atoms with E-state index in [1.807, 2.05) is 0 Å². The van der Waals surface area contributed by atoms with Gasteiger partial charge in [-0.2, -0.15) is 0 Å². The smallest absolute Gasteiger partial charge is 0.316 e. The average Bonchev–Trinajstić information content (AvgIpc) is 2.36. The van der Waals surface area contributed by atoms with Crippen molar-refractivity contribution < 1.29 is 14.5 Å². The minimum absolute atomic E-state index is 0.0122. The molecule has 116 valence electrons. The van der Waals surface area contributed by atoms with Crippen LogP contribution in [0.3, 0.4) is 0 Å². The Morgan fingerprint density at radius 2 is 2.14 bits per heavy atom. The third kappa shape index (κ3) is 6.01. The summed E-state index contributed by atoms with van der Waals surface area (Å²) in [6.45, 7) is 5.39. The zero-order chi connectivity index (χ0) is 16.0. The molecule has 0 aliphatic carbocycles. The Labute approximate surface area is 127 Å². The number of rotatable bonds is 6. The number of anilines is 1. The Balaban J connectivity index is 2.64. The van der Waals surface area contributed by atoms with Crippen molar-refractivity contribution in [2.75, 3.05) is 11.2 Å². The number of non-ortho nitro benzene ring substituents is 1. The second-order valence-corrected chi connectivity index (χ2v) is 6.31. The van der Waals surface area contributed by atoms with Crippen LogP contribution < -0.4 is 11.3 Å². The van der Waals surface area contributed by atoms with Crippen LogP contribution in [-0.2, 0) is 15.3 Å². The van der Waals surface area contributed by atoms with Crippen molar-refractivity contribution in [3.05, 3.63) is 33.9 Å². The third-order valence-electron chi connectivity index (χ3n) is 2.35. The first kappa shape index (κ1) is 17.3. The highest BCUT2D eigenvalue weighted by atomic mass is 32.2. The topological polar surface area (TPSA) is 107 Å². The summed E-state index contributed by atoms with van der Waals surface area (Å²) in [6, 6.07) is 4.36. The number of hydrazine groups is 1. The zero-order valence-electron chi connectivity index (χ0n) is 12.2. The highest BCUT2D eigenvalue weighted by Gasteiger charge is 2.16. The number of carbonyl (C=O) groups excluding carboxylic acids is 1. The number of nitro groups is 1. The number of thioether (sulfide) groups is 1. The highest BCUT2D eigenvalue weighted by Crippen LogP contribution is 2.25. The van der Waals surface area contributed by atoms with Crippen LogP contribution in [-0.4, -0.2) is 22.2 Å². The van der Waals surface area contributed by atoms with Crippen LogP contribution in [0.4, 0.5) is 11.4 Å². The molecule has 0 aliphatic rings. The number of esters is 1. The molecule has 0 heterocycles. The molecule has 0 fully saturated rings. The summed E-state index contributed by atoms with van der Waals surface area (Å²) in [5, 5.41) is 10.8. The lowest BCUT2D eigenvalue weighted by Crippen LogP contribution is -2.25. The van der Waals surface area contributed by atoms with E-state index in [0.717, 1.165) is 0 Å². The summed E-state index contributed by atoms with van der Waals surface area (Å²) < 4.78 is 5.19. The van der Waals surface area contributed by atoms with E-state index in [9.17, 15) is 14.9 Å². The van der Waals surface area contributed by atoms with Gasteiger partial charge >= 0.3 is 5.97 Å². The van der Waals surface area contributed by atoms with Gasteiger partial charge in [-0.05, 0) is 32.4 Å². The molecule has 0 aromatic heterocycles. The molecule has 1 rings (SSSR count). The van der Waals surface area contributed by atoms with Gasteiger partial charge in [0, 0.05) is 17.9 Å². The van der Waals surface area contributed by atoms with Crippen LogP contribution in [0.5, 0.6) is 0 Å². The monoisotopic (exact) mass is 313 g/mol. The number of nitrogen functional groups attached to an aromatic ring is 1. The molecule has 0 aliphatic heterocycles. The van der Waals surface area contributed by atoms with Crippen LogP contribution in [0, 0.1) is 10.1 Å². The largest absolute Gasteiger partial charge is 0.459 e. The predicted molar refractivity (Wildman–Crippen MR) is 82.9 cm³/mol. The Morgan fingerprint density at radius 3 is 2.67 bits per heavy atom. The van der Waals surface area contributed by atoms with Gasteiger partial charge in [0.1, 0.15) is 5.60 Å². The molecule has 0 bridgehead atoms. The molecule has 8 heteroatoms. The van der Waals surface area contributed by atoms with Crippen molar-refractivity contribution in [3.8, 4) is 0 Å². The summed E-state index contributed by atoms with van der Waals surface area (Å²) in [7, 11) is 0. The molecular weight excluding hydrogens is 294 g/mol. The molecule has 1 aromatic rings. The number of hydrogen-bond donors (Lipinski definition) is 2. The van der Waals surface area contributed by atoms with E-state index in [1.54, 1.807) is 26.8 Å². The molecule has 1 aromatic carbocycles. The summed E-state index contributed by atoms with van der Waals surface area (Å²) in [4.78, 5) is 21.9. The van der Waals surface area contributed by atoms with E-state index in [2.05, 4.69) is 5.43 Å². The summed E-state index contributed by atoms with van der Waals surface area (Å²) in [6.07, 6.45) is 0. The molecule has 21 heavy (non-hydrogen) atoms. The highest BCUT2D eigenvalue weighted by molar-refractivity contribution is 7.99. The fraction of sp³-hybridized carbons (Fsp3) is 0.462. The predicted octanol–water partition coefficient (Wildman–Crippen LogP) is 2.46. The number of nitrogens with one attached hydrogen (secondary N) is 1. The number of nitro benzene ring substituents is 1. The van der Waals surface area contributed by atoms with E-state index < -0.39 is 10.5 Å². The average molecular weight is 313 g/mol. The van der Waals surface area contributed by atoms with Gasteiger partial charge in [-0.15, -0.1) is 11.8 Å². The van der Waals surface area contributed by atoms with Gasteiger partial charge in [0.05, 0.1) is 16.4 Å². The number of nitrogens with two attached hydrogens (primary N) is 1. The van der Waals surface area contributed by atoms with Gasteiger partial charge in [-0.1, -0.05) is 0 Å². The maximum atomic E-state index is 11.6. The van der Waals surface area contributed by atoms with E-state index in [4.69, 9.17) is 10.6 Å². The SMILES string of the molecule is CC(C)(C)OC(=O)CSCc1cc([N+](=O)[O-])ccc1NN. The zero-order valence-corrected chi connectivity index (χ0v) is 13.0. The quantitative estimate of drug-likeness (QED) is 0.359. The van der Waals surface area contributed by atoms with E-state index in [0.29, 0.717) is 17.0 Å². The van der Waals surface area contributed by atoms with Gasteiger partial charge in [0.15, 0.2) is 0 Å². The molecule has 0 unspecified atom stereocenters. The van der Waals surface area contributed by atoms with Crippen molar-refractivity contribution >= 4 is 29.1 Å². The molecule has 7 nitrogen and oxygen atoms in total. The molecule has 0 saturated heterocycles. The van der Waals surface area contributed by atoms with Crippen LogP contribution in [0.25, 0.3) is 0 Å². The lowest BCUT2D eigenvalue weighted by Gasteiger charge is -2.19. The van der Waals surface area contributed by atoms with Crippen LogP contribution in [0.1, 0.15) is 26.3 Å².